The van der Waals surface area contributed by atoms with Crippen LogP contribution in [0.25, 0.3) is 22.3 Å². The summed E-state index contributed by atoms with van der Waals surface area (Å²) in [4.78, 5) is 0. The van der Waals surface area contributed by atoms with Crippen molar-refractivity contribution >= 4 is 6.21 Å². The van der Waals surface area contributed by atoms with Gasteiger partial charge in [-0.15, -0.1) is 0 Å². The van der Waals surface area contributed by atoms with E-state index < -0.39 is 46.5 Å². The van der Waals surface area contributed by atoms with Crippen molar-refractivity contribution in [2.24, 2.45) is 11.7 Å². The maximum atomic E-state index is 14.9. The predicted octanol–water partition coefficient (Wildman–Crippen LogP) is 8.00. The first-order valence-electron chi connectivity index (χ1n) is 12.1. The zero-order chi connectivity index (χ0) is 29.0. The molecule has 0 aliphatic carbocycles. The van der Waals surface area contributed by atoms with Crippen molar-refractivity contribution in [2.45, 2.75) is 19.0 Å². The van der Waals surface area contributed by atoms with Crippen LogP contribution in [-0.2, 0) is 12.5 Å². The Balaban J connectivity index is 1.51. The molecule has 208 valence electrons. The SMILES string of the molecule is N=CC(CN)CCc1ccc(C(F)(F)Oc2ccc(-c3ccc(-c4ccc(F)c(F)c4)c(F)c3)c(F)c2)c(F)c1. The zero-order valence-corrected chi connectivity index (χ0v) is 20.8. The van der Waals surface area contributed by atoms with E-state index in [0.29, 0.717) is 24.5 Å². The van der Waals surface area contributed by atoms with Gasteiger partial charge in [-0.2, -0.15) is 8.78 Å². The molecule has 0 amide bonds. The monoisotopic (exact) mass is 560 g/mol. The summed E-state index contributed by atoms with van der Waals surface area (Å²) in [5.41, 5.74) is 4.86. The summed E-state index contributed by atoms with van der Waals surface area (Å²) < 4.78 is 105. The molecule has 0 aliphatic rings. The highest BCUT2D eigenvalue weighted by molar-refractivity contribution is 5.71. The van der Waals surface area contributed by atoms with Gasteiger partial charge in [-0.3, -0.25) is 0 Å². The highest BCUT2D eigenvalue weighted by Crippen LogP contribution is 2.36. The van der Waals surface area contributed by atoms with Crippen molar-refractivity contribution in [1.82, 2.24) is 0 Å². The van der Waals surface area contributed by atoms with Crippen LogP contribution in [0.2, 0.25) is 0 Å². The minimum Gasteiger partial charge on any atom is -0.429 e. The number of nitrogens with two attached hydrogens (primary N) is 1. The molecule has 0 bridgehead atoms. The molecule has 0 aliphatic heterocycles. The summed E-state index contributed by atoms with van der Waals surface area (Å²) in [5.74, 6) is -6.11. The number of alkyl halides is 2. The predicted molar refractivity (Wildman–Crippen MR) is 138 cm³/mol. The van der Waals surface area contributed by atoms with Gasteiger partial charge in [0, 0.05) is 29.7 Å². The quantitative estimate of drug-likeness (QED) is 0.153. The molecule has 4 aromatic rings. The number of nitrogens with one attached hydrogen (secondary N) is 1. The van der Waals surface area contributed by atoms with Crippen LogP contribution in [0.4, 0.5) is 30.7 Å². The molecule has 10 heteroatoms. The van der Waals surface area contributed by atoms with Crippen LogP contribution in [0.15, 0.2) is 72.8 Å². The average Bonchev–Trinajstić information content (AvgIpc) is 2.90. The van der Waals surface area contributed by atoms with Crippen molar-refractivity contribution in [2.75, 3.05) is 6.54 Å². The van der Waals surface area contributed by atoms with E-state index in [2.05, 4.69) is 4.74 Å². The standard InChI is InChI=1S/C30H23F7N2O/c31-25-10-5-20(13-29(25)35)22-7-4-19(12-26(22)32)23-8-6-21(14-27(23)33)40-30(36,37)24-9-3-17(11-28(24)34)1-2-18(15-38)16-39/h3-15,18,38H,1-2,16,39H2. The molecule has 0 saturated carbocycles. The van der Waals surface area contributed by atoms with Crippen molar-refractivity contribution in [3.63, 3.8) is 0 Å². The van der Waals surface area contributed by atoms with Gasteiger partial charge in [0.2, 0.25) is 0 Å². The number of ether oxygens (including phenoxy) is 1. The lowest BCUT2D eigenvalue weighted by atomic mass is 9.99. The van der Waals surface area contributed by atoms with E-state index in [4.69, 9.17) is 11.1 Å². The number of benzene rings is 4. The highest BCUT2D eigenvalue weighted by Gasteiger charge is 2.38. The van der Waals surface area contributed by atoms with Crippen LogP contribution < -0.4 is 10.5 Å². The Morgan fingerprint density at radius 2 is 1.35 bits per heavy atom. The summed E-state index contributed by atoms with van der Waals surface area (Å²) in [6.07, 6.45) is -2.17. The summed E-state index contributed by atoms with van der Waals surface area (Å²) >= 11 is 0. The largest absolute Gasteiger partial charge is 0.429 e. The molecule has 0 heterocycles. The molecule has 3 N–H and O–H groups in total. The van der Waals surface area contributed by atoms with Gasteiger partial charge in [-0.25, -0.2) is 22.0 Å². The van der Waals surface area contributed by atoms with E-state index >= 15 is 0 Å². The van der Waals surface area contributed by atoms with Gasteiger partial charge in [-0.1, -0.05) is 24.3 Å². The van der Waals surface area contributed by atoms with Crippen LogP contribution in [0.5, 0.6) is 5.75 Å². The Kier molecular flexibility index (Phi) is 8.58. The maximum absolute atomic E-state index is 14.9. The van der Waals surface area contributed by atoms with Gasteiger partial charge in [0.1, 0.15) is 23.2 Å². The molecule has 4 aromatic carbocycles. The lowest BCUT2D eigenvalue weighted by Gasteiger charge is -2.20. The van der Waals surface area contributed by atoms with Crippen molar-refractivity contribution < 1.29 is 35.5 Å². The Morgan fingerprint density at radius 1 is 0.725 bits per heavy atom. The van der Waals surface area contributed by atoms with Crippen LogP contribution in [0.3, 0.4) is 0 Å². The second-order valence-corrected chi connectivity index (χ2v) is 9.10. The van der Waals surface area contributed by atoms with Crippen molar-refractivity contribution in [3.8, 4) is 28.0 Å². The summed E-state index contributed by atoms with van der Waals surface area (Å²) in [5, 5.41) is 7.27. The Morgan fingerprint density at radius 3 is 1.93 bits per heavy atom. The van der Waals surface area contributed by atoms with Gasteiger partial charge in [0.05, 0.1) is 5.56 Å². The topological polar surface area (TPSA) is 59.1 Å². The number of hydrogen-bond donors (Lipinski definition) is 2. The summed E-state index contributed by atoms with van der Waals surface area (Å²) in [7, 11) is 0. The fourth-order valence-electron chi connectivity index (χ4n) is 4.15. The van der Waals surface area contributed by atoms with E-state index in [1.165, 1.54) is 30.5 Å². The molecule has 1 atom stereocenters. The van der Waals surface area contributed by atoms with E-state index in [9.17, 15) is 30.7 Å². The molecule has 0 aromatic heterocycles. The van der Waals surface area contributed by atoms with Crippen LogP contribution >= 0.6 is 0 Å². The second kappa shape index (κ2) is 11.9. The van der Waals surface area contributed by atoms with E-state index in [-0.39, 0.29) is 34.7 Å². The number of aryl methyl sites for hydroxylation is 1. The lowest BCUT2D eigenvalue weighted by Crippen LogP contribution is -2.23. The molecule has 0 radical (unpaired) electrons. The van der Waals surface area contributed by atoms with E-state index in [1.54, 1.807) is 0 Å². The first-order chi connectivity index (χ1) is 19.0. The summed E-state index contributed by atoms with van der Waals surface area (Å²) in [6, 6.07) is 12.4. The molecule has 4 rings (SSSR count). The minimum absolute atomic E-state index is 0.0513. The summed E-state index contributed by atoms with van der Waals surface area (Å²) in [6.45, 7) is 0.239. The molecule has 0 saturated heterocycles. The fourth-order valence-corrected chi connectivity index (χ4v) is 4.15. The Hall–Kier alpha value is -4.18. The molecule has 3 nitrogen and oxygen atoms in total. The smallest absolute Gasteiger partial charge is 0.429 e. The van der Waals surface area contributed by atoms with Crippen LogP contribution in [0, 0.1) is 40.4 Å². The number of rotatable bonds is 10. The van der Waals surface area contributed by atoms with Gasteiger partial charge >= 0.3 is 6.11 Å². The minimum atomic E-state index is -4.14. The first-order valence-corrected chi connectivity index (χ1v) is 12.1. The number of halogens is 7. The van der Waals surface area contributed by atoms with Gasteiger partial charge in [-0.05, 0) is 78.2 Å². The van der Waals surface area contributed by atoms with Crippen LogP contribution in [-0.4, -0.2) is 12.8 Å². The van der Waals surface area contributed by atoms with E-state index in [0.717, 1.165) is 42.5 Å². The van der Waals surface area contributed by atoms with Gasteiger partial charge in [0.25, 0.3) is 0 Å². The second-order valence-electron chi connectivity index (χ2n) is 9.10. The zero-order valence-electron chi connectivity index (χ0n) is 20.8. The Labute approximate surface area is 225 Å². The third-order valence-electron chi connectivity index (χ3n) is 6.39. The molecule has 1 unspecified atom stereocenters. The molecule has 40 heavy (non-hydrogen) atoms. The van der Waals surface area contributed by atoms with E-state index in [1.807, 2.05) is 0 Å². The first kappa shape index (κ1) is 28.8. The third kappa shape index (κ3) is 6.34. The molecule has 0 fully saturated rings. The third-order valence-corrected chi connectivity index (χ3v) is 6.39. The average molecular weight is 561 g/mol. The highest BCUT2D eigenvalue weighted by atomic mass is 19.3. The van der Waals surface area contributed by atoms with Crippen LogP contribution in [0.1, 0.15) is 17.5 Å². The maximum Gasteiger partial charge on any atom is 0.429 e. The van der Waals surface area contributed by atoms with Crippen molar-refractivity contribution in [3.05, 3.63) is 113 Å². The van der Waals surface area contributed by atoms with Gasteiger partial charge in [0.15, 0.2) is 11.6 Å². The molecular formula is C30H23F7N2O. The van der Waals surface area contributed by atoms with Gasteiger partial charge < -0.3 is 15.9 Å². The lowest BCUT2D eigenvalue weighted by molar-refractivity contribution is -0.187. The Bertz CT molecular complexity index is 1540. The van der Waals surface area contributed by atoms with Crippen molar-refractivity contribution in [1.29, 1.82) is 5.41 Å². The fraction of sp³-hybridized carbons (Fsp3) is 0.167. The number of hydrogen-bond acceptors (Lipinski definition) is 3. The molecule has 0 spiro atoms. The molecular weight excluding hydrogens is 537 g/mol. The normalized spacial score (nSPS) is 12.3.